The molecule has 3 rings (SSSR count). The zero-order chi connectivity index (χ0) is 11.0. The van der Waals surface area contributed by atoms with Crippen LogP contribution < -0.4 is 5.73 Å². The second-order valence-corrected chi connectivity index (χ2v) is 3.86. The van der Waals surface area contributed by atoms with E-state index in [9.17, 15) is 0 Å². The number of rotatable bonds is 1. The molecule has 82 valence electrons. The average Bonchev–Trinajstić information content (AvgIpc) is 2.69. The topological polar surface area (TPSA) is 53.1 Å². The van der Waals surface area contributed by atoms with Crippen molar-refractivity contribution < 1.29 is 4.74 Å². The molecule has 4 nitrogen and oxygen atoms in total. The summed E-state index contributed by atoms with van der Waals surface area (Å²) in [5.41, 5.74) is 9.15. The Balaban J connectivity index is 2.15. The van der Waals surface area contributed by atoms with Crippen LogP contribution in [0.2, 0.25) is 0 Å². The molecule has 0 fully saturated rings. The van der Waals surface area contributed by atoms with Gasteiger partial charge in [0.05, 0.1) is 24.6 Å². The van der Waals surface area contributed by atoms with Crippen LogP contribution in [0.25, 0.3) is 5.69 Å². The molecule has 0 amide bonds. The summed E-state index contributed by atoms with van der Waals surface area (Å²) in [6.45, 7) is 1.33. The number of fused-ring (bicyclic) bond motifs is 1. The number of para-hydroxylation sites is 1. The minimum absolute atomic E-state index is 0.592. The van der Waals surface area contributed by atoms with Gasteiger partial charge in [-0.2, -0.15) is 5.10 Å². The Morgan fingerprint density at radius 2 is 2.06 bits per heavy atom. The normalized spacial score (nSPS) is 14.8. The molecule has 0 radical (unpaired) electrons. The van der Waals surface area contributed by atoms with Crippen LogP contribution in [0.5, 0.6) is 0 Å². The van der Waals surface area contributed by atoms with E-state index in [1.165, 1.54) is 0 Å². The molecule has 0 saturated carbocycles. The van der Waals surface area contributed by atoms with E-state index in [1.807, 2.05) is 35.0 Å². The van der Waals surface area contributed by atoms with Crippen LogP contribution in [-0.4, -0.2) is 16.4 Å². The highest BCUT2D eigenvalue weighted by Crippen LogP contribution is 2.24. The zero-order valence-corrected chi connectivity index (χ0v) is 8.89. The number of nitrogens with two attached hydrogens (primary N) is 1. The molecule has 0 bridgehead atoms. The molecule has 0 atom stereocenters. The van der Waals surface area contributed by atoms with E-state index in [4.69, 9.17) is 10.5 Å². The summed E-state index contributed by atoms with van der Waals surface area (Å²) < 4.78 is 7.33. The molecule has 16 heavy (non-hydrogen) atoms. The van der Waals surface area contributed by atoms with E-state index in [2.05, 4.69) is 5.10 Å². The van der Waals surface area contributed by atoms with Gasteiger partial charge in [-0.05, 0) is 12.1 Å². The predicted molar refractivity (Wildman–Crippen MR) is 61.3 cm³/mol. The van der Waals surface area contributed by atoms with Crippen LogP contribution in [0, 0.1) is 0 Å². The van der Waals surface area contributed by atoms with Gasteiger partial charge >= 0.3 is 0 Å². The lowest BCUT2D eigenvalue weighted by Crippen LogP contribution is -2.12. The van der Waals surface area contributed by atoms with E-state index in [0.717, 1.165) is 30.0 Å². The van der Waals surface area contributed by atoms with Crippen molar-refractivity contribution in [3.8, 4) is 5.69 Å². The average molecular weight is 215 g/mol. The fourth-order valence-electron chi connectivity index (χ4n) is 2.05. The lowest BCUT2D eigenvalue weighted by molar-refractivity contribution is 0.106. The van der Waals surface area contributed by atoms with Gasteiger partial charge < -0.3 is 10.5 Å². The number of nitrogen functional groups attached to an aromatic ring is 1. The van der Waals surface area contributed by atoms with E-state index in [1.54, 1.807) is 0 Å². The second-order valence-electron chi connectivity index (χ2n) is 3.86. The van der Waals surface area contributed by atoms with Crippen molar-refractivity contribution in [3.05, 3.63) is 41.6 Å². The number of benzene rings is 1. The van der Waals surface area contributed by atoms with Crippen LogP contribution in [0.1, 0.15) is 11.3 Å². The van der Waals surface area contributed by atoms with Crippen molar-refractivity contribution >= 4 is 5.82 Å². The van der Waals surface area contributed by atoms with E-state index in [0.29, 0.717) is 12.4 Å². The SMILES string of the molecule is Nc1nn(-c2ccccc2)c2c1CCOC2. The van der Waals surface area contributed by atoms with Gasteiger partial charge in [-0.25, -0.2) is 4.68 Å². The maximum absolute atomic E-state index is 5.91. The molecule has 1 aromatic carbocycles. The number of hydrogen-bond acceptors (Lipinski definition) is 3. The summed E-state index contributed by atoms with van der Waals surface area (Å²) in [4.78, 5) is 0. The molecule has 1 aliphatic heterocycles. The maximum Gasteiger partial charge on any atom is 0.149 e. The van der Waals surface area contributed by atoms with E-state index >= 15 is 0 Å². The van der Waals surface area contributed by atoms with Crippen molar-refractivity contribution in [1.29, 1.82) is 0 Å². The number of anilines is 1. The molecule has 0 saturated heterocycles. The molecule has 1 aromatic heterocycles. The summed E-state index contributed by atoms with van der Waals surface area (Å²) in [5.74, 6) is 0.627. The van der Waals surface area contributed by atoms with E-state index in [-0.39, 0.29) is 0 Å². The summed E-state index contributed by atoms with van der Waals surface area (Å²) in [7, 11) is 0. The van der Waals surface area contributed by atoms with Crippen LogP contribution in [0.4, 0.5) is 5.82 Å². The van der Waals surface area contributed by atoms with Gasteiger partial charge in [0, 0.05) is 12.0 Å². The Bertz CT molecular complexity index is 504. The van der Waals surface area contributed by atoms with Crippen LogP contribution in [0.3, 0.4) is 0 Å². The Morgan fingerprint density at radius 3 is 2.88 bits per heavy atom. The monoisotopic (exact) mass is 215 g/mol. The number of nitrogens with zero attached hydrogens (tertiary/aromatic N) is 2. The van der Waals surface area contributed by atoms with Gasteiger partial charge in [-0.1, -0.05) is 18.2 Å². The highest BCUT2D eigenvalue weighted by Gasteiger charge is 2.20. The Hall–Kier alpha value is -1.81. The molecular weight excluding hydrogens is 202 g/mol. The first kappa shape index (κ1) is 9.42. The highest BCUT2D eigenvalue weighted by atomic mass is 16.5. The van der Waals surface area contributed by atoms with Crippen molar-refractivity contribution in [2.24, 2.45) is 0 Å². The Morgan fingerprint density at radius 1 is 1.25 bits per heavy atom. The molecule has 2 N–H and O–H groups in total. The summed E-state index contributed by atoms with van der Waals surface area (Å²) in [6, 6.07) is 9.99. The third-order valence-electron chi connectivity index (χ3n) is 2.86. The molecular formula is C12H13N3O. The van der Waals surface area contributed by atoms with Crippen molar-refractivity contribution in [2.45, 2.75) is 13.0 Å². The molecule has 0 aliphatic carbocycles. The van der Waals surface area contributed by atoms with Crippen LogP contribution in [0.15, 0.2) is 30.3 Å². The standard InChI is InChI=1S/C12H13N3O/c13-12-10-6-7-16-8-11(10)15(14-12)9-4-2-1-3-5-9/h1-5H,6-8H2,(H2,13,14). The van der Waals surface area contributed by atoms with Gasteiger partial charge in [0.2, 0.25) is 0 Å². The lowest BCUT2D eigenvalue weighted by atomic mass is 10.1. The molecule has 0 spiro atoms. The fraction of sp³-hybridized carbons (Fsp3) is 0.250. The lowest BCUT2D eigenvalue weighted by Gasteiger charge is -2.14. The fourth-order valence-corrected chi connectivity index (χ4v) is 2.05. The zero-order valence-electron chi connectivity index (χ0n) is 8.89. The van der Waals surface area contributed by atoms with Gasteiger partial charge in [0.15, 0.2) is 0 Å². The third-order valence-corrected chi connectivity index (χ3v) is 2.86. The molecule has 4 heteroatoms. The van der Waals surface area contributed by atoms with Crippen molar-refractivity contribution in [3.63, 3.8) is 0 Å². The number of aromatic nitrogens is 2. The minimum atomic E-state index is 0.592. The first-order valence-electron chi connectivity index (χ1n) is 5.35. The van der Waals surface area contributed by atoms with Crippen molar-refractivity contribution in [2.75, 3.05) is 12.3 Å². The van der Waals surface area contributed by atoms with Gasteiger partial charge in [0.25, 0.3) is 0 Å². The number of ether oxygens (including phenoxy) is 1. The van der Waals surface area contributed by atoms with Gasteiger partial charge in [-0.3, -0.25) is 0 Å². The summed E-state index contributed by atoms with van der Waals surface area (Å²) in [5, 5.41) is 4.38. The quantitative estimate of drug-likeness (QED) is 0.784. The maximum atomic E-state index is 5.91. The summed E-state index contributed by atoms with van der Waals surface area (Å²) >= 11 is 0. The van der Waals surface area contributed by atoms with Crippen LogP contribution in [-0.2, 0) is 17.8 Å². The Labute approximate surface area is 93.6 Å². The van der Waals surface area contributed by atoms with Crippen molar-refractivity contribution in [1.82, 2.24) is 9.78 Å². The molecule has 2 aromatic rings. The molecule has 2 heterocycles. The largest absolute Gasteiger partial charge is 0.382 e. The summed E-state index contributed by atoms with van der Waals surface area (Å²) in [6.07, 6.45) is 0.855. The smallest absolute Gasteiger partial charge is 0.149 e. The second kappa shape index (κ2) is 3.64. The molecule has 1 aliphatic rings. The number of hydrogen-bond donors (Lipinski definition) is 1. The first-order valence-corrected chi connectivity index (χ1v) is 5.35. The Kier molecular flexibility index (Phi) is 2.15. The predicted octanol–water partition coefficient (Wildman–Crippen LogP) is 1.53. The molecule has 0 unspecified atom stereocenters. The van der Waals surface area contributed by atoms with Crippen LogP contribution >= 0.6 is 0 Å². The minimum Gasteiger partial charge on any atom is -0.382 e. The third kappa shape index (κ3) is 1.39. The van der Waals surface area contributed by atoms with Gasteiger partial charge in [-0.15, -0.1) is 0 Å². The van der Waals surface area contributed by atoms with Gasteiger partial charge in [0.1, 0.15) is 5.82 Å². The first-order chi connectivity index (χ1) is 7.86. The van der Waals surface area contributed by atoms with E-state index < -0.39 is 0 Å². The highest BCUT2D eigenvalue weighted by molar-refractivity contribution is 5.47.